The van der Waals surface area contributed by atoms with Gasteiger partial charge in [0.1, 0.15) is 23.5 Å². The fraction of sp³-hybridized carbons (Fsp3) is 0. The van der Waals surface area contributed by atoms with Crippen molar-refractivity contribution < 1.29 is 4.74 Å². The summed E-state index contributed by atoms with van der Waals surface area (Å²) in [6.07, 6.45) is 3.11. The molecule has 0 fully saturated rings. The van der Waals surface area contributed by atoms with Crippen molar-refractivity contribution in [2.24, 2.45) is 0 Å². The molecule has 0 amide bonds. The second-order valence-electron chi connectivity index (χ2n) is 2.93. The highest BCUT2D eigenvalue weighted by Crippen LogP contribution is 2.32. The van der Waals surface area contributed by atoms with Gasteiger partial charge < -0.3 is 4.74 Å². The van der Waals surface area contributed by atoms with Gasteiger partial charge in [-0.05, 0) is 12.1 Å². The molecule has 3 nitrogen and oxygen atoms in total. The predicted molar refractivity (Wildman–Crippen MR) is 54.4 cm³/mol. The molecule has 0 bridgehead atoms. The molecule has 2 rings (SSSR count). The second-order valence-corrected chi connectivity index (χ2v) is 2.93. The number of hydrogen-bond donors (Lipinski definition) is 0. The molecule has 0 saturated carbocycles. The van der Waals surface area contributed by atoms with Crippen LogP contribution in [0.4, 0.5) is 0 Å². The summed E-state index contributed by atoms with van der Waals surface area (Å²) in [4.78, 5) is 0. The van der Waals surface area contributed by atoms with E-state index in [2.05, 4.69) is 0 Å². The summed E-state index contributed by atoms with van der Waals surface area (Å²) in [6.45, 7) is 0. The molecular formula is C12H6N2O. The lowest BCUT2D eigenvalue weighted by Gasteiger charge is -2.13. The second kappa shape index (κ2) is 3.69. The molecule has 0 saturated heterocycles. The molecule has 1 aromatic carbocycles. The standard InChI is InChI=1S/C12H6N2O/c13-7-9(8-14)10-5-6-15-12-4-2-1-3-11(10)12/h1-6H. The van der Waals surface area contributed by atoms with Gasteiger partial charge in [-0.1, -0.05) is 18.2 Å². The van der Waals surface area contributed by atoms with Gasteiger partial charge >= 0.3 is 0 Å². The van der Waals surface area contributed by atoms with Crippen LogP contribution in [0.5, 0.6) is 5.75 Å². The molecule has 0 atom stereocenters. The van der Waals surface area contributed by atoms with Crippen molar-refractivity contribution >= 4 is 5.57 Å². The highest BCUT2D eigenvalue weighted by molar-refractivity contribution is 5.85. The Morgan fingerprint density at radius 2 is 1.87 bits per heavy atom. The van der Waals surface area contributed by atoms with E-state index in [1.54, 1.807) is 12.1 Å². The third-order valence-corrected chi connectivity index (χ3v) is 2.10. The Hall–Kier alpha value is -2.52. The van der Waals surface area contributed by atoms with Gasteiger partial charge in [0.15, 0.2) is 0 Å². The van der Waals surface area contributed by atoms with Crippen LogP contribution >= 0.6 is 0 Å². The summed E-state index contributed by atoms with van der Waals surface area (Å²) in [5.74, 6) is 0.665. The predicted octanol–water partition coefficient (Wildman–Crippen LogP) is 2.39. The smallest absolute Gasteiger partial charge is 0.137 e. The number of nitrogens with zero attached hydrogens (tertiary/aromatic N) is 2. The number of para-hydroxylation sites is 1. The largest absolute Gasteiger partial charge is 0.464 e. The average molecular weight is 194 g/mol. The SMILES string of the molecule is N#CC(C#N)=C1C=COc2ccccc21. The minimum absolute atomic E-state index is 0.0991. The van der Waals surface area contributed by atoms with Gasteiger partial charge in [-0.25, -0.2) is 0 Å². The zero-order valence-corrected chi connectivity index (χ0v) is 7.77. The van der Waals surface area contributed by atoms with Crippen molar-refractivity contribution in [2.75, 3.05) is 0 Å². The molecule has 15 heavy (non-hydrogen) atoms. The van der Waals surface area contributed by atoms with Crippen LogP contribution in [0, 0.1) is 22.7 Å². The maximum absolute atomic E-state index is 8.80. The van der Waals surface area contributed by atoms with Gasteiger partial charge in [-0.15, -0.1) is 0 Å². The quantitative estimate of drug-likeness (QED) is 0.596. The number of fused-ring (bicyclic) bond motifs is 1. The van der Waals surface area contributed by atoms with Crippen LogP contribution in [0.3, 0.4) is 0 Å². The third kappa shape index (κ3) is 1.47. The highest BCUT2D eigenvalue weighted by atomic mass is 16.5. The molecule has 0 radical (unpaired) electrons. The van der Waals surface area contributed by atoms with E-state index in [0.717, 1.165) is 5.56 Å². The summed E-state index contributed by atoms with van der Waals surface area (Å²) < 4.78 is 5.26. The van der Waals surface area contributed by atoms with Crippen molar-refractivity contribution in [1.82, 2.24) is 0 Å². The Morgan fingerprint density at radius 1 is 1.13 bits per heavy atom. The van der Waals surface area contributed by atoms with Gasteiger partial charge in [0.25, 0.3) is 0 Å². The lowest BCUT2D eigenvalue weighted by molar-refractivity contribution is 0.476. The molecule has 0 N–H and O–H groups in total. The van der Waals surface area contributed by atoms with Gasteiger partial charge in [0, 0.05) is 11.1 Å². The summed E-state index contributed by atoms with van der Waals surface area (Å²) in [5.41, 5.74) is 1.49. The Kier molecular flexibility index (Phi) is 2.23. The number of allylic oxidation sites excluding steroid dienone is 3. The van der Waals surface area contributed by atoms with Crippen molar-refractivity contribution in [3.63, 3.8) is 0 Å². The van der Waals surface area contributed by atoms with Gasteiger partial charge in [0.05, 0.1) is 6.26 Å². The maximum atomic E-state index is 8.80. The molecule has 0 unspecified atom stereocenters. The topological polar surface area (TPSA) is 56.8 Å². The molecule has 0 aromatic heterocycles. The highest BCUT2D eigenvalue weighted by Gasteiger charge is 2.14. The molecule has 1 aromatic rings. The van der Waals surface area contributed by atoms with E-state index in [-0.39, 0.29) is 5.57 Å². The van der Waals surface area contributed by atoms with E-state index in [9.17, 15) is 0 Å². The summed E-state index contributed by atoms with van der Waals surface area (Å²) in [7, 11) is 0. The number of nitriles is 2. The Balaban J connectivity index is 2.68. The monoisotopic (exact) mass is 194 g/mol. The van der Waals surface area contributed by atoms with E-state index in [1.807, 2.05) is 30.3 Å². The summed E-state index contributed by atoms with van der Waals surface area (Å²) >= 11 is 0. The van der Waals surface area contributed by atoms with Crippen molar-refractivity contribution in [3.8, 4) is 17.9 Å². The van der Waals surface area contributed by atoms with E-state index < -0.39 is 0 Å². The molecule has 70 valence electrons. The Bertz CT molecular complexity index is 525. The van der Waals surface area contributed by atoms with Crippen LogP contribution in [-0.2, 0) is 0 Å². The van der Waals surface area contributed by atoms with Crippen molar-refractivity contribution in [1.29, 1.82) is 10.5 Å². The van der Waals surface area contributed by atoms with Crippen LogP contribution in [0.25, 0.3) is 5.57 Å². The molecule has 0 aliphatic carbocycles. The third-order valence-electron chi connectivity index (χ3n) is 2.10. The van der Waals surface area contributed by atoms with Crippen LogP contribution in [0.2, 0.25) is 0 Å². The molecule has 0 spiro atoms. The first-order valence-corrected chi connectivity index (χ1v) is 4.34. The minimum atomic E-state index is 0.0991. The lowest BCUT2D eigenvalue weighted by Crippen LogP contribution is -1.97. The molecule has 3 heteroatoms. The lowest BCUT2D eigenvalue weighted by atomic mass is 9.99. The number of hydrogen-bond acceptors (Lipinski definition) is 3. The normalized spacial score (nSPS) is 12.0. The summed E-state index contributed by atoms with van der Waals surface area (Å²) in [6, 6.07) is 11.0. The first kappa shape index (κ1) is 9.05. The molecular weight excluding hydrogens is 188 g/mol. The van der Waals surface area contributed by atoms with Crippen molar-refractivity contribution in [2.45, 2.75) is 0 Å². The maximum Gasteiger partial charge on any atom is 0.137 e. The van der Waals surface area contributed by atoms with E-state index >= 15 is 0 Å². The molecule has 1 aliphatic heterocycles. The number of benzene rings is 1. The average Bonchev–Trinajstić information content (AvgIpc) is 2.31. The minimum Gasteiger partial charge on any atom is -0.464 e. The zero-order valence-electron chi connectivity index (χ0n) is 7.77. The van der Waals surface area contributed by atoms with Crippen LogP contribution in [0.1, 0.15) is 5.56 Å². The van der Waals surface area contributed by atoms with Crippen molar-refractivity contribution in [3.05, 3.63) is 47.7 Å². The van der Waals surface area contributed by atoms with E-state index in [4.69, 9.17) is 15.3 Å². The van der Waals surface area contributed by atoms with Crippen LogP contribution in [0.15, 0.2) is 42.2 Å². The number of ether oxygens (including phenoxy) is 1. The number of rotatable bonds is 0. The van der Waals surface area contributed by atoms with E-state index in [0.29, 0.717) is 11.3 Å². The van der Waals surface area contributed by atoms with Crippen LogP contribution in [-0.4, -0.2) is 0 Å². The van der Waals surface area contributed by atoms with Gasteiger partial charge in [0.2, 0.25) is 0 Å². The summed E-state index contributed by atoms with van der Waals surface area (Å²) in [5, 5.41) is 17.6. The zero-order chi connectivity index (χ0) is 10.7. The van der Waals surface area contributed by atoms with Gasteiger partial charge in [-0.2, -0.15) is 10.5 Å². The first-order chi connectivity index (χ1) is 7.36. The molecule has 1 heterocycles. The molecule has 1 aliphatic rings. The first-order valence-electron chi connectivity index (χ1n) is 4.34. The van der Waals surface area contributed by atoms with Crippen LogP contribution < -0.4 is 4.74 Å². The van der Waals surface area contributed by atoms with E-state index in [1.165, 1.54) is 6.26 Å². The fourth-order valence-corrected chi connectivity index (χ4v) is 1.42. The van der Waals surface area contributed by atoms with Gasteiger partial charge in [-0.3, -0.25) is 0 Å². The Labute approximate surface area is 87.1 Å². The Morgan fingerprint density at radius 3 is 2.60 bits per heavy atom. The fourth-order valence-electron chi connectivity index (χ4n) is 1.42.